The molecule has 40 heavy (non-hydrogen) atoms. The smallest absolute Gasteiger partial charge is 0.244 e. The van der Waals surface area contributed by atoms with Crippen molar-refractivity contribution in [3.63, 3.8) is 0 Å². The highest BCUT2D eigenvalue weighted by atomic mass is 79.9. The highest BCUT2D eigenvalue weighted by molar-refractivity contribution is 9.10. The van der Waals surface area contributed by atoms with Crippen LogP contribution in [0.1, 0.15) is 25.0 Å². The second-order valence-electron chi connectivity index (χ2n) is 9.86. The van der Waals surface area contributed by atoms with Crippen LogP contribution in [0.3, 0.4) is 0 Å². The van der Waals surface area contributed by atoms with Gasteiger partial charge in [-0.25, -0.2) is 8.42 Å². The van der Waals surface area contributed by atoms with Crippen LogP contribution < -0.4 is 9.62 Å². The van der Waals surface area contributed by atoms with Crippen LogP contribution in [0.15, 0.2) is 77.3 Å². The number of sulfonamides is 1. The molecule has 3 aromatic carbocycles. The minimum Gasteiger partial charge on any atom is -0.354 e. The molecule has 0 saturated carbocycles. The second-order valence-corrected chi connectivity index (χ2v) is 13.5. The summed E-state index contributed by atoms with van der Waals surface area (Å²) in [6.07, 6.45) is 1.24. The minimum atomic E-state index is -3.94. The molecule has 0 aliphatic carbocycles. The summed E-state index contributed by atoms with van der Waals surface area (Å²) in [5, 5.41) is 3.37. The monoisotopic (exact) mass is 667 g/mol. The van der Waals surface area contributed by atoms with Gasteiger partial charge in [0.05, 0.1) is 17.0 Å². The standard InChI is InChI=1S/C29H32BrCl2N3O4S/c1-20(2)17-33-29(37)27(15-21-7-5-4-6-8-21)34(18-22-9-11-23(30)12-10-22)28(36)19-35(40(3,38)39)26-14-13-24(31)16-25(26)32/h4-14,16,20,27H,15,17-19H2,1-3H3,(H,33,37). The van der Waals surface area contributed by atoms with Gasteiger partial charge in [0.25, 0.3) is 0 Å². The van der Waals surface area contributed by atoms with Crippen LogP contribution in [0.5, 0.6) is 0 Å². The highest BCUT2D eigenvalue weighted by Crippen LogP contribution is 2.30. The van der Waals surface area contributed by atoms with Crippen LogP contribution in [0.2, 0.25) is 10.0 Å². The minimum absolute atomic E-state index is 0.0840. The molecule has 0 saturated heterocycles. The molecular weight excluding hydrogens is 637 g/mol. The number of hydrogen-bond acceptors (Lipinski definition) is 4. The van der Waals surface area contributed by atoms with Gasteiger partial charge in [0, 0.05) is 29.0 Å². The summed E-state index contributed by atoms with van der Waals surface area (Å²) in [6, 6.07) is 20.2. The van der Waals surface area contributed by atoms with E-state index in [1.807, 2.05) is 68.4 Å². The lowest BCUT2D eigenvalue weighted by Crippen LogP contribution is -2.53. The molecule has 1 atom stereocenters. The van der Waals surface area contributed by atoms with Gasteiger partial charge in [-0.15, -0.1) is 0 Å². The van der Waals surface area contributed by atoms with Crippen LogP contribution in [-0.2, 0) is 32.6 Å². The molecule has 0 aromatic heterocycles. The average molecular weight is 669 g/mol. The molecule has 2 amide bonds. The normalized spacial score (nSPS) is 12.2. The molecule has 0 bridgehead atoms. The third-order valence-corrected chi connectivity index (χ3v) is 8.27. The van der Waals surface area contributed by atoms with E-state index in [1.165, 1.54) is 23.1 Å². The zero-order chi connectivity index (χ0) is 29.4. The van der Waals surface area contributed by atoms with Crippen molar-refractivity contribution in [2.75, 3.05) is 23.7 Å². The fourth-order valence-corrected chi connectivity index (χ4v) is 5.73. The molecule has 3 aromatic rings. The van der Waals surface area contributed by atoms with Crippen LogP contribution in [0.25, 0.3) is 0 Å². The fraction of sp³-hybridized carbons (Fsp3) is 0.310. The van der Waals surface area contributed by atoms with E-state index >= 15 is 0 Å². The zero-order valence-corrected chi connectivity index (χ0v) is 26.4. The first-order valence-corrected chi connectivity index (χ1v) is 16.0. The number of hydrogen-bond donors (Lipinski definition) is 1. The van der Waals surface area contributed by atoms with Gasteiger partial charge >= 0.3 is 0 Å². The van der Waals surface area contributed by atoms with Crippen LogP contribution >= 0.6 is 39.1 Å². The Morgan fingerprint density at radius 2 is 1.60 bits per heavy atom. The van der Waals surface area contributed by atoms with Gasteiger partial charge < -0.3 is 10.2 Å². The molecule has 1 N–H and O–H groups in total. The van der Waals surface area contributed by atoms with Crippen LogP contribution in [-0.4, -0.2) is 50.5 Å². The van der Waals surface area contributed by atoms with Crippen molar-refractivity contribution in [3.05, 3.63) is 98.4 Å². The molecule has 0 aliphatic rings. The summed E-state index contributed by atoms with van der Waals surface area (Å²) in [7, 11) is -3.94. The number of nitrogens with zero attached hydrogens (tertiary/aromatic N) is 2. The van der Waals surface area contributed by atoms with Crippen LogP contribution in [0.4, 0.5) is 5.69 Å². The van der Waals surface area contributed by atoms with Crippen molar-refractivity contribution in [1.29, 1.82) is 0 Å². The Morgan fingerprint density at radius 1 is 0.950 bits per heavy atom. The Morgan fingerprint density at radius 3 is 2.17 bits per heavy atom. The maximum Gasteiger partial charge on any atom is 0.244 e. The van der Waals surface area contributed by atoms with Crippen molar-refractivity contribution in [2.24, 2.45) is 5.92 Å². The number of halogens is 3. The summed E-state index contributed by atoms with van der Waals surface area (Å²) in [6.45, 7) is 3.93. The molecule has 1 unspecified atom stereocenters. The van der Waals surface area contributed by atoms with E-state index < -0.39 is 28.5 Å². The molecule has 0 spiro atoms. The second kappa shape index (κ2) is 14.3. The van der Waals surface area contributed by atoms with Gasteiger partial charge in [0.1, 0.15) is 12.6 Å². The van der Waals surface area contributed by atoms with Gasteiger partial charge in [-0.2, -0.15) is 0 Å². The summed E-state index contributed by atoms with van der Waals surface area (Å²) < 4.78 is 27.6. The Hall–Kier alpha value is -2.59. The van der Waals surface area contributed by atoms with E-state index in [9.17, 15) is 18.0 Å². The predicted octanol–water partition coefficient (Wildman–Crippen LogP) is 5.93. The number of nitrogens with one attached hydrogen (secondary N) is 1. The SMILES string of the molecule is CC(C)CNC(=O)C(Cc1ccccc1)N(Cc1ccc(Br)cc1)C(=O)CN(c1ccc(Cl)cc1Cl)S(C)(=O)=O. The molecule has 0 heterocycles. The Balaban J connectivity index is 2.06. The number of amides is 2. The maximum absolute atomic E-state index is 14.1. The van der Waals surface area contributed by atoms with Gasteiger partial charge in [0.15, 0.2) is 0 Å². The van der Waals surface area contributed by atoms with Crippen molar-refractivity contribution in [1.82, 2.24) is 10.2 Å². The molecule has 3 rings (SSSR count). The third kappa shape index (κ3) is 9.23. The summed E-state index contributed by atoms with van der Waals surface area (Å²) in [4.78, 5) is 29.1. The average Bonchev–Trinajstić information content (AvgIpc) is 2.89. The lowest BCUT2D eigenvalue weighted by Gasteiger charge is -2.34. The van der Waals surface area contributed by atoms with Crippen molar-refractivity contribution in [3.8, 4) is 0 Å². The molecular formula is C29H32BrCl2N3O4S. The van der Waals surface area contributed by atoms with E-state index in [0.29, 0.717) is 11.6 Å². The summed E-state index contributed by atoms with van der Waals surface area (Å²) >= 11 is 15.8. The summed E-state index contributed by atoms with van der Waals surface area (Å²) in [5.74, 6) is -0.678. The van der Waals surface area contributed by atoms with Crippen molar-refractivity contribution >= 4 is 66.7 Å². The number of rotatable bonds is 12. The van der Waals surface area contributed by atoms with Crippen LogP contribution in [0, 0.1) is 5.92 Å². The molecule has 7 nitrogen and oxygen atoms in total. The number of benzene rings is 3. The topological polar surface area (TPSA) is 86.8 Å². The lowest BCUT2D eigenvalue weighted by atomic mass is 10.0. The first-order chi connectivity index (χ1) is 18.8. The fourth-order valence-electron chi connectivity index (χ4n) is 4.04. The Labute approximate surface area is 254 Å². The van der Waals surface area contributed by atoms with E-state index in [1.54, 1.807) is 0 Å². The van der Waals surface area contributed by atoms with Crippen molar-refractivity contribution in [2.45, 2.75) is 32.9 Å². The number of anilines is 1. The quantitative estimate of drug-likeness (QED) is 0.259. The Kier molecular flexibility index (Phi) is 11.5. The molecule has 0 radical (unpaired) electrons. The molecule has 214 valence electrons. The zero-order valence-electron chi connectivity index (χ0n) is 22.5. The lowest BCUT2D eigenvalue weighted by molar-refractivity contribution is -0.140. The van der Waals surface area contributed by atoms with Crippen molar-refractivity contribution < 1.29 is 18.0 Å². The first kappa shape index (κ1) is 31.9. The Bertz CT molecular complexity index is 1420. The predicted molar refractivity (Wildman–Crippen MR) is 165 cm³/mol. The van der Waals surface area contributed by atoms with Gasteiger partial charge in [-0.3, -0.25) is 13.9 Å². The van der Waals surface area contributed by atoms with E-state index in [0.717, 1.165) is 26.2 Å². The van der Waals surface area contributed by atoms with Gasteiger partial charge in [-0.1, -0.05) is 95.4 Å². The molecule has 0 aliphatic heterocycles. The molecule has 11 heteroatoms. The maximum atomic E-state index is 14.1. The highest BCUT2D eigenvalue weighted by Gasteiger charge is 2.33. The number of carbonyl (C=O) groups excluding carboxylic acids is 2. The molecule has 0 fully saturated rings. The van der Waals surface area contributed by atoms with Gasteiger partial charge in [-0.05, 0) is 47.4 Å². The van der Waals surface area contributed by atoms with E-state index in [2.05, 4.69) is 21.2 Å². The number of carbonyl (C=O) groups is 2. The largest absolute Gasteiger partial charge is 0.354 e. The first-order valence-electron chi connectivity index (χ1n) is 12.6. The van der Waals surface area contributed by atoms with E-state index in [4.69, 9.17) is 23.2 Å². The van der Waals surface area contributed by atoms with Gasteiger partial charge in [0.2, 0.25) is 21.8 Å². The summed E-state index contributed by atoms with van der Waals surface area (Å²) in [5.41, 5.74) is 1.76. The third-order valence-electron chi connectivity index (χ3n) is 6.08. The van der Waals surface area contributed by atoms with E-state index in [-0.39, 0.29) is 35.5 Å².